The fourth-order valence-corrected chi connectivity index (χ4v) is 13.9. The predicted octanol–water partition coefficient (Wildman–Crippen LogP) is 23.7. The topological polar surface area (TPSA) is 237 Å². The number of hydrogen-bond acceptors (Lipinski definition) is 15. The highest BCUT2D eigenvalue weighted by molar-refractivity contribution is 7.47. The number of aliphatic hydroxyl groups is 1. The summed E-state index contributed by atoms with van der Waals surface area (Å²) in [4.78, 5) is 72.9. The van der Waals surface area contributed by atoms with Crippen LogP contribution in [-0.2, 0) is 65.4 Å². The maximum absolute atomic E-state index is 13.1. The van der Waals surface area contributed by atoms with Crippen LogP contribution < -0.4 is 0 Å². The van der Waals surface area contributed by atoms with E-state index in [9.17, 15) is 43.2 Å². The van der Waals surface area contributed by atoms with Crippen LogP contribution in [0.1, 0.15) is 414 Å². The molecule has 0 rings (SSSR count). The molecular weight excluding hydrogens is 1290 g/mol. The molecule has 0 spiro atoms. The standard InChI is InChI=1S/C80H156O17P2/c1-8-9-10-11-12-13-25-32-40-47-54-61-77(82)90-68-76(97-80(85)64-57-50-43-36-35-39-46-53-60-73(6)7)70-95-99(88,89)93-66-74(81)65-92-98(86,87)94-69-75(67-91-78(83)62-55-48-41-33-28-23-20-16-18-22-27-31-38-45-52-59-72(4)5)96-79(84)63-56-49-42-34-29-24-19-15-14-17-21-26-30-37-44-51-58-71(2)3/h71-76,81H,8-70H2,1-7H3,(H,86,87)(H,88,89)/t74-,75-,76-/m1/s1. The maximum Gasteiger partial charge on any atom is 0.472 e. The van der Waals surface area contributed by atoms with E-state index in [1.165, 1.54) is 225 Å². The summed E-state index contributed by atoms with van der Waals surface area (Å²) in [5.74, 6) is 0.221. The Morgan fingerprint density at radius 1 is 0.273 bits per heavy atom. The van der Waals surface area contributed by atoms with Crippen LogP contribution in [0.4, 0.5) is 0 Å². The number of phosphoric acid groups is 2. The number of phosphoric ester groups is 2. The number of ether oxygens (including phenoxy) is 4. The summed E-state index contributed by atoms with van der Waals surface area (Å²) in [6.07, 6.45) is 58.3. The van der Waals surface area contributed by atoms with Gasteiger partial charge in [0.2, 0.25) is 0 Å². The molecule has 0 aromatic heterocycles. The van der Waals surface area contributed by atoms with Gasteiger partial charge in [-0.25, -0.2) is 9.13 Å². The molecule has 0 aliphatic rings. The first-order valence-electron chi connectivity index (χ1n) is 41.3. The average Bonchev–Trinajstić information content (AvgIpc) is 0.987. The highest BCUT2D eigenvalue weighted by Gasteiger charge is 2.30. The third-order valence-electron chi connectivity index (χ3n) is 18.6. The van der Waals surface area contributed by atoms with Crippen LogP contribution in [0.3, 0.4) is 0 Å². The fraction of sp³-hybridized carbons (Fsp3) is 0.950. The second-order valence-corrected chi connectivity index (χ2v) is 33.1. The van der Waals surface area contributed by atoms with Crippen molar-refractivity contribution >= 4 is 39.5 Å². The van der Waals surface area contributed by atoms with Crippen LogP contribution in [0.2, 0.25) is 0 Å². The van der Waals surface area contributed by atoms with Gasteiger partial charge < -0.3 is 33.8 Å². The van der Waals surface area contributed by atoms with Crippen LogP contribution in [0.15, 0.2) is 0 Å². The minimum absolute atomic E-state index is 0.105. The van der Waals surface area contributed by atoms with Crippen molar-refractivity contribution in [1.82, 2.24) is 0 Å². The lowest BCUT2D eigenvalue weighted by Gasteiger charge is -2.21. The molecule has 0 aromatic rings. The van der Waals surface area contributed by atoms with E-state index >= 15 is 0 Å². The van der Waals surface area contributed by atoms with Gasteiger partial charge in [-0.3, -0.25) is 37.3 Å². The summed E-state index contributed by atoms with van der Waals surface area (Å²) in [5.41, 5.74) is 0. The molecule has 0 aliphatic heterocycles. The molecule has 3 N–H and O–H groups in total. The van der Waals surface area contributed by atoms with Crippen LogP contribution in [0, 0.1) is 17.8 Å². The van der Waals surface area contributed by atoms with Crippen molar-refractivity contribution < 1.29 is 80.2 Å². The number of carbonyl (C=O) groups is 4. The Labute approximate surface area is 607 Å². The number of hydrogen-bond donors (Lipinski definition) is 3. The molecule has 0 aliphatic carbocycles. The van der Waals surface area contributed by atoms with E-state index in [4.69, 9.17) is 37.0 Å². The molecule has 0 saturated carbocycles. The highest BCUT2D eigenvalue weighted by atomic mass is 31.2. The van der Waals surface area contributed by atoms with Gasteiger partial charge in [-0.15, -0.1) is 0 Å². The van der Waals surface area contributed by atoms with E-state index in [1.807, 2.05) is 0 Å². The molecule has 0 saturated heterocycles. The number of carbonyl (C=O) groups excluding carboxylic acids is 4. The SMILES string of the molecule is CCCCCCCCCCCCCC(=O)OC[C@H](COP(=O)(O)OC[C@H](O)COP(=O)(O)OC[C@@H](COC(=O)CCCCCCCCCCCCCCCCCC(C)C)OC(=O)CCCCCCCCCCCCCCCCCCC(C)C)OC(=O)CCCCCCCCCCC(C)C. The second kappa shape index (κ2) is 70.4. The van der Waals surface area contributed by atoms with Gasteiger partial charge in [0.1, 0.15) is 19.3 Å². The summed E-state index contributed by atoms with van der Waals surface area (Å²) in [7, 11) is -9.92. The minimum Gasteiger partial charge on any atom is -0.462 e. The zero-order valence-electron chi connectivity index (χ0n) is 65.0. The lowest BCUT2D eigenvalue weighted by atomic mass is 10.0. The van der Waals surface area contributed by atoms with Gasteiger partial charge >= 0.3 is 39.5 Å². The molecule has 0 bridgehead atoms. The summed E-state index contributed by atoms with van der Waals surface area (Å²) >= 11 is 0. The van der Waals surface area contributed by atoms with Gasteiger partial charge in [-0.2, -0.15) is 0 Å². The Balaban J connectivity index is 5.23. The van der Waals surface area contributed by atoms with Gasteiger partial charge in [0.05, 0.1) is 26.4 Å². The van der Waals surface area contributed by atoms with Gasteiger partial charge in [0, 0.05) is 25.7 Å². The molecule has 0 fully saturated rings. The van der Waals surface area contributed by atoms with Crippen molar-refractivity contribution in [2.45, 2.75) is 433 Å². The zero-order valence-corrected chi connectivity index (χ0v) is 66.8. The van der Waals surface area contributed by atoms with Crippen molar-refractivity contribution in [2.24, 2.45) is 17.8 Å². The monoisotopic (exact) mass is 1450 g/mol. The fourth-order valence-electron chi connectivity index (χ4n) is 12.3. The molecular formula is C80H156O17P2. The summed E-state index contributed by atoms with van der Waals surface area (Å²) in [5, 5.41) is 10.6. The molecule has 0 amide bonds. The molecule has 0 aromatic carbocycles. The van der Waals surface area contributed by atoms with E-state index in [0.717, 1.165) is 108 Å². The largest absolute Gasteiger partial charge is 0.472 e. The lowest BCUT2D eigenvalue weighted by Crippen LogP contribution is -2.30. The van der Waals surface area contributed by atoms with Crippen molar-refractivity contribution in [3.63, 3.8) is 0 Å². The first-order chi connectivity index (χ1) is 47.7. The maximum atomic E-state index is 13.1. The molecule has 5 atom stereocenters. The summed E-state index contributed by atoms with van der Waals surface area (Å²) < 4.78 is 68.6. The zero-order chi connectivity index (χ0) is 73.0. The Morgan fingerprint density at radius 2 is 0.465 bits per heavy atom. The first kappa shape index (κ1) is 97.1. The van der Waals surface area contributed by atoms with Crippen LogP contribution in [-0.4, -0.2) is 96.7 Å². The van der Waals surface area contributed by atoms with Crippen LogP contribution >= 0.6 is 15.6 Å². The summed E-state index contributed by atoms with van der Waals surface area (Å²) in [6, 6.07) is 0. The predicted molar refractivity (Wildman–Crippen MR) is 405 cm³/mol. The van der Waals surface area contributed by atoms with Crippen LogP contribution in [0.25, 0.3) is 0 Å². The smallest absolute Gasteiger partial charge is 0.462 e. The van der Waals surface area contributed by atoms with E-state index in [0.29, 0.717) is 25.7 Å². The number of rotatable bonds is 78. The number of unbranched alkanes of at least 4 members (excludes halogenated alkanes) is 46. The first-order valence-corrected chi connectivity index (χ1v) is 44.3. The van der Waals surface area contributed by atoms with E-state index < -0.39 is 97.5 Å². The molecule has 2 unspecified atom stereocenters. The van der Waals surface area contributed by atoms with Crippen molar-refractivity contribution in [3.8, 4) is 0 Å². The Morgan fingerprint density at radius 3 is 0.687 bits per heavy atom. The summed E-state index contributed by atoms with van der Waals surface area (Å²) in [6.45, 7) is 11.9. The Kier molecular flexibility index (Phi) is 69.0. The van der Waals surface area contributed by atoms with Crippen molar-refractivity contribution in [3.05, 3.63) is 0 Å². The third kappa shape index (κ3) is 74.1. The number of aliphatic hydroxyl groups excluding tert-OH is 1. The average molecular weight is 1450 g/mol. The van der Waals surface area contributed by atoms with Gasteiger partial charge in [0.15, 0.2) is 12.2 Å². The Hall–Kier alpha value is -1.94. The molecule has 588 valence electrons. The lowest BCUT2D eigenvalue weighted by molar-refractivity contribution is -0.161. The van der Waals surface area contributed by atoms with Crippen LogP contribution in [0.5, 0.6) is 0 Å². The Bertz CT molecular complexity index is 1920. The van der Waals surface area contributed by atoms with Crippen molar-refractivity contribution in [1.29, 1.82) is 0 Å². The highest BCUT2D eigenvalue weighted by Crippen LogP contribution is 2.45. The number of esters is 4. The van der Waals surface area contributed by atoms with E-state index in [1.54, 1.807) is 0 Å². The van der Waals surface area contributed by atoms with Crippen molar-refractivity contribution in [2.75, 3.05) is 39.6 Å². The quantitative estimate of drug-likeness (QED) is 0.0222. The van der Waals surface area contributed by atoms with Gasteiger partial charge in [-0.1, -0.05) is 363 Å². The van der Waals surface area contributed by atoms with Gasteiger partial charge in [0.25, 0.3) is 0 Å². The van der Waals surface area contributed by atoms with E-state index in [-0.39, 0.29) is 25.7 Å². The van der Waals surface area contributed by atoms with E-state index in [2.05, 4.69) is 48.5 Å². The molecule has 19 heteroatoms. The second-order valence-electron chi connectivity index (χ2n) is 30.2. The molecule has 17 nitrogen and oxygen atoms in total. The third-order valence-corrected chi connectivity index (χ3v) is 20.5. The molecule has 0 heterocycles. The molecule has 99 heavy (non-hydrogen) atoms. The minimum atomic E-state index is -4.96. The van der Waals surface area contributed by atoms with Gasteiger partial charge in [-0.05, 0) is 43.4 Å². The molecule has 0 radical (unpaired) electrons. The normalized spacial score (nSPS) is 14.0.